The molecule has 0 aromatic heterocycles. The maximum Gasteiger partial charge on any atom is 0.207 e. The van der Waals surface area contributed by atoms with Crippen LogP contribution in [-0.2, 0) is 0 Å². The number of nitrogens with zero attached hydrogens (tertiary/aromatic N) is 3. The molecule has 2 aliphatic rings. The summed E-state index contributed by atoms with van der Waals surface area (Å²) in [6.45, 7) is 17.5. The van der Waals surface area contributed by atoms with Gasteiger partial charge in [0.1, 0.15) is 5.84 Å². The highest BCUT2D eigenvalue weighted by Gasteiger charge is 2.24. The van der Waals surface area contributed by atoms with E-state index in [1.54, 1.807) is 0 Å². The second-order valence-corrected chi connectivity index (χ2v) is 9.22. The number of hydrogen-bond donors (Lipinski definition) is 0. The van der Waals surface area contributed by atoms with E-state index >= 15 is 0 Å². The van der Waals surface area contributed by atoms with Gasteiger partial charge in [0.05, 0.1) is 0 Å². The Morgan fingerprint density at radius 2 is 1.44 bits per heavy atom. The van der Waals surface area contributed by atoms with Crippen molar-refractivity contribution in [1.82, 2.24) is 4.90 Å². The average molecular weight is 378 g/mol. The standard InChI is InChI=1S/C13H26.C9H15N3.C2H6/c1-5-11-6-8-12(9-7-11)10-13(2,3)4;1-9(11-8-10)12-6-4-2-3-5-7-12;1-2/h11-12H,5-10H2,1-4H3;2-7H2,1H3;1-2H3. The minimum Gasteiger partial charge on any atom is -0.360 e. The minimum atomic E-state index is 0.545. The first-order valence-corrected chi connectivity index (χ1v) is 11.5. The highest BCUT2D eigenvalue weighted by molar-refractivity contribution is 5.80. The highest BCUT2D eigenvalue weighted by Crippen LogP contribution is 2.37. The lowest BCUT2D eigenvalue weighted by atomic mass is 9.74. The van der Waals surface area contributed by atoms with E-state index in [9.17, 15) is 0 Å². The van der Waals surface area contributed by atoms with Gasteiger partial charge < -0.3 is 4.90 Å². The SMILES string of the molecule is CC.CC(=NC#N)N1CCCCCC1.CCC1CCC(CC(C)(C)C)CC1. The summed E-state index contributed by atoms with van der Waals surface area (Å²) in [6, 6.07) is 0. The summed E-state index contributed by atoms with van der Waals surface area (Å²) >= 11 is 0. The number of aliphatic imine (C=N–C) groups is 1. The second-order valence-electron chi connectivity index (χ2n) is 9.22. The van der Waals surface area contributed by atoms with Crippen molar-refractivity contribution in [1.29, 1.82) is 5.26 Å². The fraction of sp³-hybridized carbons (Fsp3) is 0.917. The molecule has 1 saturated carbocycles. The molecule has 0 unspecified atom stereocenters. The zero-order valence-corrected chi connectivity index (χ0v) is 19.5. The Morgan fingerprint density at radius 1 is 0.963 bits per heavy atom. The monoisotopic (exact) mass is 377 g/mol. The highest BCUT2D eigenvalue weighted by atomic mass is 15.2. The number of hydrogen-bond acceptors (Lipinski definition) is 2. The van der Waals surface area contributed by atoms with Crippen molar-refractivity contribution in [2.24, 2.45) is 22.2 Å². The molecule has 2 fully saturated rings. The summed E-state index contributed by atoms with van der Waals surface area (Å²) < 4.78 is 0. The third-order valence-electron chi connectivity index (χ3n) is 5.72. The number of amidine groups is 1. The van der Waals surface area contributed by atoms with Crippen LogP contribution in [0.4, 0.5) is 0 Å². The average Bonchev–Trinajstić information content (AvgIpc) is 2.93. The van der Waals surface area contributed by atoms with Gasteiger partial charge in [-0.05, 0) is 43.4 Å². The van der Waals surface area contributed by atoms with Crippen LogP contribution >= 0.6 is 0 Å². The first-order valence-electron chi connectivity index (χ1n) is 11.5. The summed E-state index contributed by atoms with van der Waals surface area (Å²) in [5, 5.41) is 8.37. The third-order valence-corrected chi connectivity index (χ3v) is 5.72. The summed E-state index contributed by atoms with van der Waals surface area (Å²) in [7, 11) is 0. The van der Waals surface area contributed by atoms with E-state index in [1.807, 2.05) is 27.0 Å². The van der Waals surface area contributed by atoms with Crippen LogP contribution in [0.25, 0.3) is 0 Å². The molecule has 27 heavy (non-hydrogen) atoms. The van der Waals surface area contributed by atoms with Gasteiger partial charge in [0.25, 0.3) is 0 Å². The molecule has 1 aliphatic carbocycles. The molecule has 1 saturated heterocycles. The number of likely N-dealkylation sites (tertiary alicyclic amines) is 1. The van der Waals surface area contributed by atoms with Gasteiger partial charge in [0.2, 0.25) is 6.19 Å². The summed E-state index contributed by atoms with van der Waals surface area (Å²) in [6.07, 6.45) is 15.8. The van der Waals surface area contributed by atoms with Crippen LogP contribution in [0.1, 0.15) is 113 Å². The Morgan fingerprint density at radius 3 is 1.85 bits per heavy atom. The molecular weight excluding hydrogens is 330 g/mol. The van der Waals surface area contributed by atoms with Crippen molar-refractivity contribution in [3.05, 3.63) is 0 Å². The zero-order chi connectivity index (χ0) is 20.7. The first-order chi connectivity index (χ1) is 12.9. The van der Waals surface area contributed by atoms with Crippen LogP contribution in [-0.4, -0.2) is 23.8 Å². The molecule has 0 aromatic rings. The lowest BCUT2D eigenvalue weighted by Crippen LogP contribution is -2.29. The molecule has 1 heterocycles. The number of nitriles is 1. The third kappa shape index (κ3) is 12.9. The molecule has 0 amide bonds. The number of rotatable bonds is 2. The van der Waals surface area contributed by atoms with Crippen molar-refractivity contribution >= 4 is 5.84 Å². The summed E-state index contributed by atoms with van der Waals surface area (Å²) in [4.78, 5) is 5.94. The van der Waals surface area contributed by atoms with Gasteiger partial charge in [-0.15, -0.1) is 0 Å². The second kappa shape index (κ2) is 14.9. The van der Waals surface area contributed by atoms with Gasteiger partial charge in [-0.25, -0.2) is 0 Å². The largest absolute Gasteiger partial charge is 0.360 e. The normalized spacial score (nSPS) is 23.8. The van der Waals surface area contributed by atoms with Gasteiger partial charge >= 0.3 is 0 Å². The van der Waals surface area contributed by atoms with Crippen LogP contribution in [0.3, 0.4) is 0 Å². The van der Waals surface area contributed by atoms with Crippen molar-refractivity contribution in [2.45, 2.75) is 113 Å². The fourth-order valence-corrected chi connectivity index (χ4v) is 4.25. The van der Waals surface area contributed by atoms with E-state index in [2.05, 4.69) is 37.6 Å². The predicted octanol–water partition coefficient (Wildman–Crippen LogP) is 7.43. The Labute approximate surface area is 170 Å². The quantitative estimate of drug-likeness (QED) is 0.285. The molecule has 0 radical (unpaired) electrons. The maximum atomic E-state index is 8.37. The molecule has 0 N–H and O–H groups in total. The van der Waals surface area contributed by atoms with Crippen LogP contribution in [0.5, 0.6) is 0 Å². The van der Waals surface area contributed by atoms with E-state index in [0.29, 0.717) is 5.41 Å². The molecule has 0 atom stereocenters. The van der Waals surface area contributed by atoms with Crippen molar-refractivity contribution in [2.75, 3.05) is 13.1 Å². The van der Waals surface area contributed by atoms with E-state index < -0.39 is 0 Å². The Kier molecular flexibility index (Phi) is 14.4. The van der Waals surface area contributed by atoms with E-state index in [0.717, 1.165) is 30.8 Å². The molecule has 2 rings (SSSR count). The first kappa shape index (κ1) is 26.0. The predicted molar refractivity (Wildman–Crippen MR) is 120 cm³/mol. The lowest BCUT2D eigenvalue weighted by molar-refractivity contribution is 0.202. The van der Waals surface area contributed by atoms with E-state index in [1.165, 1.54) is 64.2 Å². The molecule has 0 bridgehead atoms. The fourth-order valence-electron chi connectivity index (χ4n) is 4.25. The van der Waals surface area contributed by atoms with E-state index in [4.69, 9.17) is 5.26 Å². The zero-order valence-electron chi connectivity index (χ0n) is 19.5. The van der Waals surface area contributed by atoms with Crippen molar-refractivity contribution in [3.8, 4) is 6.19 Å². The van der Waals surface area contributed by atoms with E-state index in [-0.39, 0.29) is 0 Å². The van der Waals surface area contributed by atoms with Crippen LogP contribution in [0.15, 0.2) is 4.99 Å². The maximum absolute atomic E-state index is 8.37. The van der Waals surface area contributed by atoms with Gasteiger partial charge in [0.15, 0.2) is 0 Å². The topological polar surface area (TPSA) is 39.4 Å². The molecule has 0 spiro atoms. The lowest BCUT2D eigenvalue weighted by Gasteiger charge is -2.32. The van der Waals surface area contributed by atoms with Gasteiger partial charge in [-0.1, -0.05) is 86.5 Å². The smallest absolute Gasteiger partial charge is 0.207 e. The van der Waals surface area contributed by atoms with Gasteiger partial charge in [0, 0.05) is 13.1 Å². The van der Waals surface area contributed by atoms with Crippen LogP contribution in [0, 0.1) is 28.7 Å². The molecule has 1 aliphatic heterocycles. The summed E-state index contributed by atoms with van der Waals surface area (Å²) in [5.41, 5.74) is 0.545. The van der Waals surface area contributed by atoms with Crippen molar-refractivity contribution in [3.63, 3.8) is 0 Å². The van der Waals surface area contributed by atoms with Gasteiger partial charge in [-0.3, -0.25) is 0 Å². The Bertz CT molecular complexity index is 412. The van der Waals surface area contributed by atoms with Crippen LogP contribution in [0.2, 0.25) is 0 Å². The van der Waals surface area contributed by atoms with Crippen LogP contribution < -0.4 is 0 Å². The van der Waals surface area contributed by atoms with Crippen molar-refractivity contribution < 1.29 is 0 Å². The Hall–Kier alpha value is -1.04. The molecule has 3 heteroatoms. The van der Waals surface area contributed by atoms with Gasteiger partial charge in [-0.2, -0.15) is 10.3 Å². The molecule has 0 aromatic carbocycles. The summed E-state index contributed by atoms with van der Waals surface area (Å²) in [5.74, 6) is 2.96. The minimum absolute atomic E-state index is 0.545. The Balaban J connectivity index is 0.000000460. The molecule has 158 valence electrons. The molecule has 3 nitrogen and oxygen atoms in total. The molecular formula is C24H47N3.